The largest absolute Gasteiger partial charge is 0.505 e. The Hall–Kier alpha value is -2.22. The number of carbonyl (C=O) groups excluding carboxylic acids is 2. The number of phenolic OH excluding ortho intramolecular Hbond substituents is 1. The number of hydrogen-bond donors (Lipinski definition) is 2. The van der Waals surface area contributed by atoms with Gasteiger partial charge >= 0.3 is 5.97 Å². The minimum absolute atomic E-state index is 0.0967. The lowest BCUT2D eigenvalue weighted by Crippen LogP contribution is -2.60. The van der Waals surface area contributed by atoms with Crippen molar-refractivity contribution in [2.75, 3.05) is 14.2 Å². The van der Waals surface area contributed by atoms with Crippen molar-refractivity contribution in [1.82, 2.24) is 0 Å². The van der Waals surface area contributed by atoms with Crippen molar-refractivity contribution in [3.05, 3.63) is 31.3 Å². The van der Waals surface area contributed by atoms with Crippen LogP contribution in [0.1, 0.15) is 49.5 Å². The standard InChI is InChI=1S/C23H31Cl2NO11/c1-10-15(20(33-5)17(25)18(29)16(10)24)22(30)37-19(11(2)28)13(7-8-27)36-14-9-23(4,26(31)32)21(34-6)12(3)35-14/h8,11-14,19,21,28-29H,7,9H2,1-6H3/t11-,12+,13+,14+,19-,21+,23+/m1/s1. The summed E-state index contributed by atoms with van der Waals surface area (Å²) in [7, 11) is 2.56. The Kier molecular flexibility index (Phi) is 10.5. The Bertz CT molecular complexity index is 1020. The number of hydrogen-bond acceptors (Lipinski definition) is 11. The first-order valence-electron chi connectivity index (χ1n) is 11.3. The molecule has 1 aromatic rings. The van der Waals surface area contributed by atoms with Gasteiger partial charge in [0.25, 0.3) is 5.54 Å². The molecule has 0 aromatic heterocycles. The summed E-state index contributed by atoms with van der Waals surface area (Å²) in [6.45, 7) is 5.72. The highest BCUT2D eigenvalue weighted by molar-refractivity contribution is 6.39. The first-order chi connectivity index (χ1) is 17.2. The van der Waals surface area contributed by atoms with Gasteiger partial charge in [0.1, 0.15) is 23.0 Å². The number of aliphatic hydroxyl groups is 1. The predicted molar refractivity (Wildman–Crippen MR) is 131 cm³/mol. The summed E-state index contributed by atoms with van der Waals surface area (Å²) >= 11 is 12.2. The molecule has 7 atom stereocenters. The van der Waals surface area contributed by atoms with Crippen LogP contribution in [0.5, 0.6) is 11.5 Å². The van der Waals surface area contributed by atoms with Crippen LogP contribution >= 0.6 is 23.2 Å². The van der Waals surface area contributed by atoms with Gasteiger partial charge in [0.05, 0.1) is 30.8 Å². The monoisotopic (exact) mass is 567 g/mol. The summed E-state index contributed by atoms with van der Waals surface area (Å²) in [6, 6.07) is 0. The van der Waals surface area contributed by atoms with Crippen molar-refractivity contribution < 1.29 is 48.4 Å². The van der Waals surface area contributed by atoms with Crippen LogP contribution in [0.25, 0.3) is 0 Å². The van der Waals surface area contributed by atoms with Crippen molar-refractivity contribution >= 4 is 35.5 Å². The third kappa shape index (κ3) is 6.27. The van der Waals surface area contributed by atoms with E-state index in [1.165, 1.54) is 35.0 Å². The third-order valence-electron chi connectivity index (χ3n) is 6.35. The number of benzene rings is 1. The van der Waals surface area contributed by atoms with Gasteiger partial charge in [0, 0.05) is 25.4 Å². The molecule has 208 valence electrons. The van der Waals surface area contributed by atoms with E-state index < -0.39 is 59.0 Å². The lowest BCUT2D eigenvalue weighted by atomic mass is 9.85. The van der Waals surface area contributed by atoms with Gasteiger partial charge in [-0.05, 0) is 26.3 Å². The number of ether oxygens (including phenoxy) is 5. The normalized spacial score (nSPS) is 26.1. The zero-order valence-corrected chi connectivity index (χ0v) is 22.7. The summed E-state index contributed by atoms with van der Waals surface area (Å²) in [5.41, 5.74) is -1.69. The molecule has 1 fully saturated rings. The minimum Gasteiger partial charge on any atom is -0.505 e. The predicted octanol–water partition coefficient (Wildman–Crippen LogP) is 3.08. The number of carbonyl (C=O) groups is 2. The Morgan fingerprint density at radius 1 is 1.35 bits per heavy atom. The van der Waals surface area contributed by atoms with Gasteiger partial charge in [0.2, 0.25) is 0 Å². The van der Waals surface area contributed by atoms with Crippen LogP contribution in [-0.2, 0) is 23.7 Å². The van der Waals surface area contributed by atoms with Gasteiger partial charge in [-0.1, -0.05) is 23.2 Å². The van der Waals surface area contributed by atoms with Crippen LogP contribution in [0.4, 0.5) is 0 Å². The summed E-state index contributed by atoms with van der Waals surface area (Å²) < 4.78 is 27.6. The number of phenols is 1. The molecule has 2 rings (SSSR count). The Morgan fingerprint density at radius 3 is 2.46 bits per heavy atom. The summed E-state index contributed by atoms with van der Waals surface area (Å²) in [5.74, 6) is -1.73. The topological polar surface area (TPSA) is 164 Å². The van der Waals surface area contributed by atoms with Gasteiger partial charge in [-0.3, -0.25) is 10.1 Å². The molecule has 14 heteroatoms. The molecular weight excluding hydrogens is 537 g/mol. The molecule has 1 aliphatic rings. The first kappa shape index (κ1) is 31.0. The molecule has 1 aromatic carbocycles. The second-order valence-electron chi connectivity index (χ2n) is 8.94. The smallest absolute Gasteiger partial charge is 0.342 e. The van der Waals surface area contributed by atoms with Crippen molar-refractivity contribution in [2.45, 2.75) is 82.9 Å². The van der Waals surface area contributed by atoms with Crippen LogP contribution < -0.4 is 4.74 Å². The van der Waals surface area contributed by atoms with Gasteiger partial charge in [0.15, 0.2) is 30.0 Å². The lowest BCUT2D eigenvalue weighted by Gasteiger charge is -2.42. The highest BCUT2D eigenvalue weighted by Gasteiger charge is 2.56. The van der Waals surface area contributed by atoms with Crippen LogP contribution in [0.3, 0.4) is 0 Å². The Labute approximate surface area is 223 Å². The summed E-state index contributed by atoms with van der Waals surface area (Å²) in [4.78, 5) is 36.1. The highest BCUT2D eigenvalue weighted by atomic mass is 35.5. The molecule has 1 saturated heterocycles. The van der Waals surface area contributed by atoms with Crippen molar-refractivity contribution in [3.63, 3.8) is 0 Å². The number of rotatable bonds is 11. The summed E-state index contributed by atoms with van der Waals surface area (Å²) in [6.07, 6.45) is -6.92. The Balaban J connectivity index is 2.39. The molecule has 0 aliphatic carbocycles. The van der Waals surface area contributed by atoms with E-state index in [0.717, 1.165) is 0 Å². The average molecular weight is 568 g/mol. The van der Waals surface area contributed by atoms with E-state index in [2.05, 4.69) is 0 Å². The quantitative estimate of drug-likeness (QED) is 0.174. The number of aldehydes is 1. The van der Waals surface area contributed by atoms with Crippen molar-refractivity contribution in [1.29, 1.82) is 0 Å². The minimum atomic E-state index is -1.58. The average Bonchev–Trinajstić information content (AvgIpc) is 2.82. The van der Waals surface area contributed by atoms with Gasteiger partial charge < -0.3 is 38.7 Å². The third-order valence-corrected chi connectivity index (χ3v) is 7.16. The van der Waals surface area contributed by atoms with Crippen LogP contribution in [0.15, 0.2) is 0 Å². The lowest BCUT2D eigenvalue weighted by molar-refractivity contribution is -0.595. The number of halogens is 2. The van der Waals surface area contributed by atoms with Crippen molar-refractivity contribution in [3.8, 4) is 11.5 Å². The van der Waals surface area contributed by atoms with E-state index in [1.54, 1.807) is 6.92 Å². The molecule has 0 spiro atoms. The Morgan fingerprint density at radius 2 is 1.97 bits per heavy atom. The maximum Gasteiger partial charge on any atom is 0.342 e. The first-order valence-corrected chi connectivity index (χ1v) is 12.1. The van der Waals surface area contributed by atoms with Gasteiger partial charge in [-0.2, -0.15) is 0 Å². The second-order valence-corrected chi connectivity index (χ2v) is 9.70. The van der Waals surface area contributed by atoms with E-state index >= 15 is 0 Å². The zero-order valence-electron chi connectivity index (χ0n) is 21.2. The van der Waals surface area contributed by atoms with E-state index in [-0.39, 0.29) is 39.8 Å². The number of nitrogens with zero attached hydrogens (tertiary/aromatic N) is 1. The van der Waals surface area contributed by atoms with E-state index in [1.807, 2.05) is 0 Å². The van der Waals surface area contributed by atoms with E-state index in [4.69, 9.17) is 46.9 Å². The zero-order chi connectivity index (χ0) is 28.2. The number of nitro groups is 1. The van der Waals surface area contributed by atoms with Gasteiger partial charge in [-0.25, -0.2) is 4.79 Å². The second kappa shape index (κ2) is 12.5. The number of aliphatic hydroxyl groups excluding tert-OH is 1. The maximum absolute atomic E-state index is 13.2. The number of esters is 1. The summed E-state index contributed by atoms with van der Waals surface area (Å²) in [5, 5.41) is 31.9. The van der Waals surface area contributed by atoms with Crippen LogP contribution in [0.2, 0.25) is 10.0 Å². The number of aromatic hydroxyl groups is 1. The number of methoxy groups -OCH3 is 2. The fraction of sp³-hybridized carbons (Fsp3) is 0.652. The van der Waals surface area contributed by atoms with Gasteiger partial charge in [-0.15, -0.1) is 0 Å². The fourth-order valence-electron chi connectivity index (χ4n) is 4.46. The van der Waals surface area contributed by atoms with E-state index in [0.29, 0.717) is 6.29 Å². The fourth-order valence-corrected chi connectivity index (χ4v) is 4.96. The molecule has 1 heterocycles. The molecule has 0 amide bonds. The maximum atomic E-state index is 13.2. The highest BCUT2D eigenvalue weighted by Crippen LogP contribution is 2.45. The van der Waals surface area contributed by atoms with E-state index in [9.17, 15) is 29.9 Å². The molecule has 1 aliphatic heterocycles. The van der Waals surface area contributed by atoms with Crippen LogP contribution in [0, 0.1) is 17.0 Å². The van der Waals surface area contributed by atoms with Crippen molar-refractivity contribution in [2.24, 2.45) is 0 Å². The molecule has 0 radical (unpaired) electrons. The van der Waals surface area contributed by atoms with Crippen LogP contribution in [-0.4, -0.2) is 84.0 Å². The molecule has 0 bridgehead atoms. The molecule has 37 heavy (non-hydrogen) atoms. The molecule has 0 saturated carbocycles. The SMILES string of the molecule is COc1c(Cl)c(O)c(Cl)c(C)c1C(=O)O[C@@H]([C@H](CC=O)O[C@H]1C[C@](C)([N+](=O)[O-])[C@@H](OC)[C@H](C)O1)[C@@H](C)O. The molecule has 2 N–H and O–H groups in total. The molecular formula is C23H31Cl2NO11. The molecule has 0 unspecified atom stereocenters. The molecule has 12 nitrogen and oxygen atoms in total.